The Labute approximate surface area is 96.6 Å². The first-order valence-corrected chi connectivity index (χ1v) is 5.68. The Morgan fingerprint density at radius 2 is 2.00 bits per heavy atom. The van der Waals surface area contributed by atoms with Crippen LogP contribution in [-0.4, -0.2) is 43.9 Å². The average molecular weight is 221 g/mol. The summed E-state index contributed by atoms with van der Waals surface area (Å²) in [6, 6.07) is 8.18. The normalized spacial score (nSPS) is 25.9. The molecule has 88 valence electrons. The molecule has 0 aromatic heterocycles. The summed E-state index contributed by atoms with van der Waals surface area (Å²) in [4.78, 5) is 2.27. The van der Waals surface area contributed by atoms with Gasteiger partial charge >= 0.3 is 0 Å². The molecule has 1 heterocycles. The number of hydrogen-bond donors (Lipinski definition) is 1. The fourth-order valence-corrected chi connectivity index (χ4v) is 2.50. The van der Waals surface area contributed by atoms with Crippen molar-refractivity contribution in [2.75, 3.05) is 33.9 Å². The van der Waals surface area contributed by atoms with E-state index in [1.807, 2.05) is 12.1 Å². The summed E-state index contributed by atoms with van der Waals surface area (Å²) < 4.78 is 5.15. The number of nitrogens with zero attached hydrogens (tertiary/aromatic N) is 1. The third kappa shape index (κ3) is 2.20. The Morgan fingerprint density at radius 3 is 2.56 bits per heavy atom. The van der Waals surface area contributed by atoms with Crippen LogP contribution in [0.15, 0.2) is 24.3 Å². The van der Waals surface area contributed by atoms with Gasteiger partial charge in [-0.1, -0.05) is 12.1 Å². The second-order valence-corrected chi connectivity index (χ2v) is 4.54. The molecule has 2 atom stereocenters. The van der Waals surface area contributed by atoms with Gasteiger partial charge in [0.25, 0.3) is 0 Å². The van der Waals surface area contributed by atoms with Gasteiger partial charge in [0.1, 0.15) is 5.75 Å². The predicted octanol–water partition coefficient (Wildman–Crippen LogP) is 1.33. The van der Waals surface area contributed by atoms with Crippen molar-refractivity contribution in [2.24, 2.45) is 5.92 Å². The minimum absolute atomic E-state index is 0.265. The van der Waals surface area contributed by atoms with E-state index in [2.05, 4.69) is 24.1 Å². The maximum atomic E-state index is 9.36. The largest absolute Gasteiger partial charge is 0.497 e. The first kappa shape index (κ1) is 11.4. The summed E-state index contributed by atoms with van der Waals surface area (Å²) >= 11 is 0. The van der Waals surface area contributed by atoms with Crippen LogP contribution in [-0.2, 0) is 0 Å². The van der Waals surface area contributed by atoms with Crippen LogP contribution in [0.3, 0.4) is 0 Å². The molecule has 3 heteroatoms. The Morgan fingerprint density at radius 1 is 1.31 bits per heavy atom. The lowest BCUT2D eigenvalue weighted by atomic mass is 9.89. The average Bonchev–Trinajstić information content (AvgIpc) is 2.70. The maximum absolute atomic E-state index is 9.36. The highest BCUT2D eigenvalue weighted by Gasteiger charge is 2.31. The predicted molar refractivity (Wildman–Crippen MR) is 63.8 cm³/mol. The maximum Gasteiger partial charge on any atom is 0.118 e. The van der Waals surface area contributed by atoms with Crippen molar-refractivity contribution < 1.29 is 9.84 Å². The van der Waals surface area contributed by atoms with Crippen LogP contribution in [0.5, 0.6) is 5.75 Å². The molecular weight excluding hydrogens is 202 g/mol. The van der Waals surface area contributed by atoms with Crippen LogP contribution >= 0.6 is 0 Å². The second-order valence-electron chi connectivity index (χ2n) is 4.54. The van der Waals surface area contributed by atoms with Gasteiger partial charge in [-0.05, 0) is 24.7 Å². The molecule has 0 spiro atoms. The van der Waals surface area contributed by atoms with Gasteiger partial charge in [-0.3, -0.25) is 0 Å². The van der Waals surface area contributed by atoms with Crippen molar-refractivity contribution in [3.05, 3.63) is 29.8 Å². The molecule has 1 fully saturated rings. The molecular formula is C13H19NO2. The third-order valence-electron chi connectivity index (χ3n) is 3.40. The number of likely N-dealkylation sites (N-methyl/N-ethyl adjacent to an activating group) is 1. The minimum atomic E-state index is 0.265. The topological polar surface area (TPSA) is 32.7 Å². The highest BCUT2D eigenvalue weighted by Crippen LogP contribution is 2.32. The second kappa shape index (κ2) is 4.85. The first-order valence-electron chi connectivity index (χ1n) is 5.68. The number of benzene rings is 1. The van der Waals surface area contributed by atoms with Crippen LogP contribution in [0.1, 0.15) is 11.5 Å². The van der Waals surface area contributed by atoms with Crippen molar-refractivity contribution in [1.29, 1.82) is 0 Å². The molecule has 0 saturated carbocycles. The van der Waals surface area contributed by atoms with E-state index in [0.29, 0.717) is 11.8 Å². The molecule has 1 aromatic rings. The Bertz CT molecular complexity index is 336. The van der Waals surface area contributed by atoms with Crippen molar-refractivity contribution in [1.82, 2.24) is 4.90 Å². The minimum Gasteiger partial charge on any atom is -0.497 e. The SMILES string of the molecule is COc1ccc([C@@H]2CN(C)C[C@H]2CO)cc1. The van der Waals surface area contributed by atoms with E-state index < -0.39 is 0 Å². The fraction of sp³-hybridized carbons (Fsp3) is 0.538. The summed E-state index contributed by atoms with van der Waals surface area (Å²) in [5.41, 5.74) is 1.30. The van der Waals surface area contributed by atoms with Gasteiger partial charge in [0, 0.05) is 31.5 Å². The summed E-state index contributed by atoms with van der Waals surface area (Å²) in [6.07, 6.45) is 0. The molecule has 1 N–H and O–H groups in total. The van der Waals surface area contributed by atoms with E-state index >= 15 is 0 Å². The summed E-state index contributed by atoms with van der Waals surface area (Å²) in [5, 5.41) is 9.36. The highest BCUT2D eigenvalue weighted by molar-refractivity contribution is 5.30. The zero-order valence-corrected chi connectivity index (χ0v) is 9.89. The van der Waals surface area contributed by atoms with Crippen LogP contribution in [0.25, 0.3) is 0 Å². The Hall–Kier alpha value is -1.06. The van der Waals surface area contributed by atoms with E-state index in [1.54, 1.807) is 7.11 Å². The molecule has 0 aliphatic carbocycles. The number of methoxy groups -OCH3 is 1. The number of likely N-dealkylation sites (tertiary alicyclic amines) is 1. The Balaban J connectivity index is 2.16. The standard InChI is InChI=1S/C13H19NO2/c1-14-7-11(9-15)13(8-14)10-3-5-12(16-2)6-4-10/h3-6,11,13,15H,7-9H2,1-2H3/t11-,13-/m0/s1. The molecule has 2 rings (SSSR count). The zero-order chi connectivity index (χ0) is 11.5. The number of aliphatic hydroxyl groups is 1. The lowest BCUT2D eigenvalue weighted by Crippen LogP contribution is -2.15. The van der Waals surface area contributed by atoms with Crippen molar-refractivity contribution in [3.8, 4) is 5.75 Å². The lowest BCUT2D eigenvalue weighted by molar-refractivity contribution is 0.219. The van der Waals surface area contributed by atoms with Crippen LogP contribution < -0.4 is 4.74 Å². The van der Waals surface area contributed by atoms with Gasteiger partial charge < -0.3 is 14.7 Å². The molecule has 0 unspecified atom stereocenters. The van der Waals surface area contributed by atoms with Gasteiger partial charge in [0.15, 0.2) is 0 Å². The molecule has 0 bridgehead atoms. The van der Waals surface area contributed by atoms with E-state index in [-0.39, 0.29) is 6.61 Å². The van der Waals surface area contributed by atoms with E-state index in [4.69, 9.17) is 4.74 Å². The van der Waals surface area contributed by atoms with E-state index in [0.717, 1.165) is 18.8 Å². The fourth-order valence-electron chi connectivity index (χ4n) is 2.50. The number of ether oxygens (including phenoxy) is 1. The van der Waals surface area contributed by atoms with Crippen LogP contribution in [0.2, 0.25) is 0 Å². The molecule has 16 heavy (non-hydrogen) atoms. The monoisotopic (exact) mass is 221 g/mol. The van der Waals surface area contributed by atoms with Crippen LogP contribution in [0, 0.1) is 5.92 Å². The first-order chi connectivity index (χ1) is 7.74. The molecule has 0 amide bonds. The smallest absolute Gasteiger partial charge is 0.118 e. The highest BCUT2D eigenvalue weighted by atomic mass is 16.5. The molecule has 1 aliphatic heterocycles. The van der Waals surface area contributed by atoms with E-state index in [1.165, 1.54) is 5.56 Å². The summed E-state index contributed by atoms with van der Waals surface area (Å²) in [6.45, 7) is 2.27. The van der Waals surface area contributed by atoms with Crippen molar-refractivity contribution >= 4 is 0 Å². The third-order valence-corrected chi connectivity index (χ3v) is 3.40. The van der Waals surface area contributed by atoms with Crippen molar-refractivity contribution in [2.45, 2.75) is 5.92 Å². The molecule has 1 saturated heterocycles. The van der Waals surface area contributed by atoms with Gasteiger partial charge in [-0.15, -0.1) is 0 Å². The van der Waals surface area contributed by atoms with Gasteiger partial charge in [-0.25, -0.2) is 0 Å². The van der Waals surface area contributed by atoms with Crippen LogP contribution in [0.4, 0.5) is 0 Å². The van der Waals surface area contributed by atoms with Crippen molar-refractivity contribution in [3.63, 3.8) is 0 Å². The lowest BCUT2D eigenvalue weighted by Gasteiger charge is -2.16. The summed E-state index contributed by atoms with van der Waals surface area (Å²) in [7, 11) is 3.78. The molecule has 1 aliphatic rings. The van der Waals surface area contributed by atoms with Gasteiger partial charge in [-0.2, -0.15) is 0 Å². The van der Waals surface area contributed by atoms with Gasteiger partial charge in [0.05, 0.1) is 7.11 Å². The van der Waals surface area contributed by atoms with Gasteiger partial charge in [0.2, 0.25) is 0 Å². The number of hydrogen-bond acceptors (Lipinski definition) is 3. The molecule has 0 radical (unpaired) electrons. The Kier molecular flexibility index (Phi) is 3.46. The quantitative estimate of drug-likeness (QED) is 0.836. The number of rotatable bonds is 3. The summed E-state index contributed by atoms with van der Waals surface area (Å²) in [5.74, 6) is 1.69. The number of aliphatic hydroxyl groups excluding tert-OH is 1. The molecule has 3 nitrogen and oxygen atoms in total. The van der Waals surface area contributed by atoms with E-state index in [9.17, 15) is 5.11 Å². The molecule has 1 aromatic carbocycles. The zero-order valence-electron chi connectivity index (χ0n) is 9.89.